The molecule has 3 nitrogen and oxygen atoms in total. The van der Waals surface area contributed by atoms with Gasteiger partial charge in [-0.15, -0.1) is 0 Å². The van der Waals surface area contributed by atoms with E-state index >= 15 is 0 Å². The normalized spacial score (nSPS) is 23.9. The van der Waals surface area contributed by atoms with Crippen LogP contribution in [0.5, 0.6) is 5.75 Å². The van der Waals surface area contributed by atoms with E-state index in [4.69, 9.17) is 16.2 Å². The van der Waals surface area contributed by atoms with Gasteiger partial charge < -0.3 is 16.2 Å². The molecule has 24 heavy (non-hydrogen) atoms. The smallest absolute Gasteiger partial charge is 0.119 e. The third-order valence-electron chi connectivity index (χ3n) is 4.91. The third-order valence-corrected chi connectivity index (χ3v) is 4.91. The summed E-state index contributed by atoms with van der Waals surface area (Å²) >= 11 is 0. The van der Waals surface area contributed by atoms with Crippen molar-refractivity contribution in [3.63, 3.8) is 0 Å². The molecule has 0 heterocycles. The number of ether oxygens (including phenoxy) is 1. The van der Waals surface area contributed by atoms with Gasteiger partial charge in [-0.1, -0.05) is 43.3 Å². The van der Waals surface area contributed by atoms with Gasteiger partial charge in [0.25, 0.3) is 0 Å². The lowest BCUT2D eigenvalue weighted by Crippen LogP contribution is -2.41. The Morgan fingerprint density at radius 3 is 1.92 bits per heavy atom. The van der Waals surface area contributed by atoms with E-state index in [1.165, 1.54) is 16.7 Å². The molecule has 3 heteroatoms. The minimum atomic E-state index is 0.218. The van der Waals surface area contributed by atoms with E-state index in [9.17, 15) is 0 Å². The van der Waals surface area contributed by atoms with Crippen molar-refractivity contribution in [2.75, 3.05) is 6.61 Å². The fourth-order valence-corrected chi connectivity index (χ4v) is 3.56. The number of hydrogen-bond acceptors (Lipinski definition) is 3. The maximum Gasteiger partial charge on any atom is 0.119 e. The Morgan fingerprint density at radius 1 is 0.833 bits per heavy atom. The zero-order chi connectivity index (χ0) is 16.9. The highest BCUT2D eigenvalue weighted by molar-refractivity contribution is 5.64. The lowest BCUT2D eigenvalue weighted by molar-refractivity contribution is 0.186. The Labute approximate surface area is 145 Å². The van der Waals surface area contributed by atoms with Crippen LogP contribution in [-0.2, 0) is 6.42 Å². The first kappa shape index (κ1) is 17.0. The molecule has 0 bridgehead atoms. The quantitative estimate of drug-likeness (QED) is 0.880. The molecular weight excluding hydrogens is 296 g/mol. The van der Waals surface area contributed by atoms with Crippen molar-refractivity contribution < 1.29 is 4.74 Å². The average Bonchev–Trinajstić information content (AvgIpc) is 2.60. The molecule has 2 aromatic carbocycles. The first-order valence-corrected chi connectivity index (χ1v) is 8.97. The van der Waals surface area contributed by atoms with Crippen molar-refractivity contribution in [3.05, 3.63) is 54.1 Å². The Hall–Kier alpha value is -1.84. The second-order valence-electron chi connectivity index (χ2n) is 6.98. The second-order valence-corrected chi connectivity index (χ2v) is 6.98. The van der Waals surface area contributed by atoms with Gasteiger partial charge in [-0.25, -0.2) is 0 Å². The molecule has 3 rings (SSSR count). The lowest BCUT2D eigenvalue weighted by Gasteiger charge is -2.30. The molecule has 0 aliphatic heterocycles. The summed E-state index contributed by atoms with van der Waals surface area (Å²) in [5.41, 5.74) is 15.9. The van der Waals surface area contributed by atoms with Crippen LogP contribution in [0.15, 0.2) is 48.5 Å². The van der Waals surface area contributed by atoms with Crippen molar-refractivity contribution in [3.8, 4) is 16.9 Å². The van der Waals surface area contributed by atoms with Gasteiger partial charge in [0.15, 0.2) is 0 Å². The summed E-state index contributed by atoms with van der Waals surface area (Å²) in [4.78, 5) is 0. The first-order chi connectivity index (χ1) is 11.6. The van der Waals surface area contributed by atoms with Crippen LogP contribution in [0.25, 0.3) is 11.1 Å². The standard InChI is InChI=1S/C21H28N2O/c1-2-15-3-5-17(6-4-15)18-7-9-21(10-8-18)24-14-16-11-19(22)13-20(23)12-16/h3-10,16,19-20H,2,11-14,22-23H2,1H3. The SMILES string of the molecule is CCc1ccc(-c2ccc(OCC3CC(N)CC(N)C3)cc2)cc1. The molecule has 2 atom stereocenters. The highest BCUT2D eigenvalue weighted by Crippen LogP contribution is 2.26. The van der Waals surface area contributed by atoms with Crippen LogP contribution < -0.4 is 16.2 Å². The topological polar surface area (TPSA) is 61.3 Å². The molecule has 1 aliphatic rings. The van der Waals surface area contributed by atoms with E-state index in [2.05, 4.69) is 43.3 Å². The van der Waals surface area contributed by atoms with E-state index < -0.39 is 0 Å². The van der Waals surface area contributed by atoms with Crippen LogP contribution in [0.1, 0.15) is 31.7 Å². The molecule has 0 amide bonds. The average molecular weight is 324 g/mol. The van der Waals surface area contributed by atoms with Crippen LogP contribution in [-0.4, -0.2) is 18.7 Å². The molecule has 0 saturated heterocycles. The predicted molar refractivity (Wildman–Crippen MR) is 100 cm³/mol. The number of nitrogens with two attached hydrogens (primary N) is 2. The monoisotopic (exact) mass is 324 g/mol. The van der Waals surface area contributed by atoms with Gasteiger partial charge in [-0.2, -0.15) is 0 Å². The van der Waals surface area contributed by atoms with E-state index in [1.54, 1.807) is 0 Å². The molecule has 128 valence electrons. The summed E-state index contributed by atoms with van der Waals surface area (Å²) in [6, 6.07) is 17.5. The number of hydrogen-bond donors (Lipinski definition) is 2. The van der Waals surface area contributed by atoms with Crippen molar-refractivity contribution in [1.29, 1.82) is 0 Å². The summed E-state index contributed by atoms with van der Waals surface area (Å²) in [5.74, 6) is 1.38. The molecule has 0 radical (unpaired) electrons. The molecule has 2 unspecified atom stereocenters. The Bertz CT molecular complexity index is 626. The maximum absolute atomic E-state index is 6.05. The van der Waals surface area contributed by atoms with Gasteiger partial charge in [0.2, 0.25) is 0 Å². The molecule has 1 fully saturated rings. The van der Waals surface area contributed by atoms with Crippen molar-refractivity contribution >= 4 is 0 Å². The minimum Gasteiger partial charge on any atom is -0.493 e. The predicted octanol–water partition coefficient (Wildman–Crippen LogP) is 3.75. The van der Waals surface area contributed by atoms with Gasteiger partial charge in [0.1, 0.15) is 5.75 Å². The van der Waals surface area contributed by atoms with E-state index in [1.807, 2.05) is 12.1 Å². The van der Waals surface area contributed by atoms with Crippen LogP contribution in [0.3, 0.4) is 0 Å². The largest absolute Gasteiger partial charge is 0.493 e. The number of rotatable bonds is 5. The first-order valence-electron chi connectivity index (χ1n) is 8.97. The summed E-state index contributed by atoms with van der Waals surface area (Å²) < 4.78 is 5.96. The molecular formula is C21H28N2O. The number of aryl methyl sites for hydroxylation is 1. The summed E-state index contributed by atoms with van der Waals surface area (Å²) in [6.07, 6.45) is 4.02. The molecule has 4 N–H and O–H groups in total. The fourth-order valence-electron chi connectivity index (χ4n) is 3.56. The molecule has 1 aliphatic carbocycles. The van der Waals surface area contributed by atoms with Gasteiger partial charge in [0.05, 0.1) is 6.61 Å². The fraction of sp³-hybridized carbons (Fsp3) is 0.429. The highest BCUT2D eigenvalue weighted by atomic mass is 16.5. The van der Waals surface area contributed by atoms with Crippen LogP contribution in [0.2, 0.25) is 0 Å². The molecule has 0 spiro atoms. The van der Waals surface area contributed by atoms with Gasteiger partial charge >= 0.3 is 0 Å². The summed E-state index contributed by atoms with van der Waals surface area (Å²) in [5, 5.41) is 0. The lowest BCUT2D eigenvalue weighted by atomic mass is 9.84. The van der Waals surface area contributed by atoms with E-state index in [-0.39, 0.29) is 12.1 Å². The minimum absolute atomic E-state index is 0.218. The Morgan fingerprint density at radius 2 is 1.38 bits per heavy atom. The van der Waals surface area contributed by atoms with Gasteiger partial charge in [-0.3, -0.25) is 0 Å². The van der Waals surface area contributed by atoms with Gasteiger partial charge in [0, 0.05) is 12.1 Å². The highest BCUT2D eigenvalue weighted by Gasteiger charge is 2.25. The van der Waals surface area contributed by atoms with Crippen molar-refractivity contribution in [1.82, 2.24) is 0 Å². The Balaban J connectivity index is 1.58. The molecule has 1 saturated carbocycles. The third kappa shape index (κ3) is 4.37. The van der Waals surface area contributed by atoms with Crippen LogP contribution in [0, 0.1) is 5.92 Å². The zero-order valence-corrected chi connectivity index (χ0v) is 14.4. The van der Waals surface area contributed by atoms with Crippen molar-refractivity contribution in [2.24, 2.45) is 17.4 Å². The summed E-state index contributed by atoms with van der Waals surface area (Å²) in [6.45, 7) is 2.87. The van der Waals surface area contributed by atoms with Gasteiger partial charge in [-0.05, 0) is 60.4 Å². The second kappa shape index (κ2) is 7.82. The molecule has 2 aromatic rings. The van der Waals surface area contributed by atoms with Crippen LogP contribution >= 0.6 is 0 Å². The summed E-state index contributed by atoms with van der Waals surface area (Å²) in [7, 11) is 0. The Kier molecular flexibility index (Phi) is 5.54. The van der Waals surface area contributed by atoms with Crippen molar-refractivity contribution in [2.45, 2.75) is 44.7 Å². The maximum atomic E-state index is 6.05. The number of benzene rings is 2. The molecule has 0 aromatic heterocycles. The van der Waals surface area contributed by atoms with E-state index in [0.29, 0.717) is 12.5 Å². The van der Waals surface area contributed by atoms with Crippen LogP contribution in [0.4, 0.5) is 0 Å². The van der Waals surface area contributed by atoms with E-state index in [0.717, 1.165) is 31.4 Å². The zero-order valence-electron chi connectivity index (χ0n) is 14.4.